The fraction of sp³-hybridized carbons (Fsp3) is 0.636. The van der Waals surface area contributed by atoms with E-state index in [0.717, 1.165) is 12.8 Å². The number of allylic oxidation sites excluding steroid dienone is 1. The van der Waals surface area contributed by atoms with Gasteiger partial charge in [0, 0.05) is 6.54 Å². The zero-order chi connectivity index (χ0) is 11.0. The lowest BCUT2D eigenvalue weighted by Crippen LogP contribution is -2.25. The zero-order valence-electron chi connectivity index (χ0n) is 9.13. The lowest BCUT2D eigenvalue weighted by atomic mass is 10.1. The zero-order valence-corrected chi connectivity index (χ0v) is 9.13. The fourth-order valence-corrected chi connectivity index (χ4v) is 0.971. The highest BCUT2D eigenvalue weighted by atomic mass is 16.1. The Hall–Kier alpha value is -1.30. The van der Waals surface area contributed by atoms with Gasteiger partial charge in [-0.05, 0) is 12.3 Å². The summed E-state index contributed by atoms with van der Waals surface area (Å²) in [7, 11) is 0. The quantitative estimate of drug-likeness (QED) is 0.413. The molecular weight excluding hydrogens is 176 g/mol. The molecule has 0 aliphatic rings. The Kier molecular flexibility index (Phi) is 6.47. The second-order valence-corrected chi connectivity index (χ2v) is 3.55. The lowest BCUT2D eigenvalue weighted by molar-refractivity contribution is -0.117. The van der Waals surface area contributed by atoms with Gasteiger partial charge < -0.3 is 5.32 Å². The monoisotopic (exact) mass is 194 g/mol. The highest BCUT2D eigenvalue weighted by Crippen LogP contribution is 2.01. The van der Waals surface area contributed by atoms with Crippen molar-refractivity contribution in [2.45, 2.75) is 33.6 Å². The maximum Gasteiger partial charge on any atom is 0.261 e. The average molecular weight is 194 g/mol. The Bertz CT molecular complexity index is 249. The van der Waals surface area contributed by atoms with Crippen molar-refractivity contribution in [1.29, 1.82) is 5.26 Å². The second kappa shape index (κ2) is 7.14. The molecule has 0 aromatic rings. The molecular formula is C11H18N2O. The Balaban J connectivity index is 4.14. The second-order valence-electron chi connectivity index (χ2n) is 3.55. The van der Waals surface area contributed by atoms with Crippen molar-refractivity contribution >= 4 is 5.91 Å². The molecule has 1 N–H and O–H groups in total. The van der Waals surface area contributed by atoms with Crippen LogP contribution < -0.4 is 5.32 Å². The molecule has 0 aromatic carbocycles. The third kappa shape index (κ3) is 5.36. The van der Waals surface area contributed by atoms with Gasteiger partial charge in [0.25, 0.3) is 5.91 Å². The lowest BCUT2D eigenvalue weighted by Gasteiger charge is -2.03. The highest BCUT2D eigenvalue weighted by Gasteiger charge is 2.07. The van der Waals surface area contributed by atoms with Crippen LogP contribution in [0.5, 0.6) is 0 Å². The third-order valence-corrected chi connectivity index (χ3v) is 1.68. The number of amides is 1. The fourth-order valence-electron chi connectivity index (χ4n) is 0.971. The van der Waals surface area contributed by atoms with E-state index in [9.17, 15) is 4.79 Å². The van der Waals surface area contributed by atoms with Crippen LogP contribution in [-0.2, 0) is 4.79 Å². The number of rotatable bonds is 5. The van der Waals surface area contributed by atoms with E-state index in [4.69, 9.17) is 5.26 Å². The summed E-state index contributed by atoms with van der Waals surface area (Å²) in [5, 5.41) is 11.4. The van der Waals surface area contributed by atoms with E-state index in [1.54, 1.807) is 6.08 Å². The molecule has 0 heterocycles. The molecule has 0 fully saturated rings. The van der Waals surface area contributed by atoms with Gasteiger partial charge in [-0.3, -0.25) is 4.79 Å². The molecule has 0 bridgehead atoms. The van der Waals surface area contributed by atoms with Gasteiger partial charge in [0.15, 0.2) is 0 Å². The van der Waals surface area contributed by atoms with Crippen molar-refractivity contribution in [2.75, 3.05) is 6.54 Å². The molecule has 0 aliphatic carbocycles. The Labute approximate surface area is 85.8 Å². The van der Waals surface area contributed by atoms with Gasteiger partial charge in [-0.1, -0.05) is 33.3 Å². The third-order valence-electron chi connectivity index (χ3n) is 1.68. The summed E-state index contributed by atoms with van der Waals surface area (Å²) in [6, 6.07) is 1.91. The predicted octanol–water partition coefficient (Wildman–Crippen LogP) is 2.01. The van der Waals surface area contributed by atoms with Gasteiger partial charge in [0.2, 0.25) is 0 Å². The van der Waals surface area contributed by atoms with Crippen molar-refractivity contribution in [1.82, 2.24) is 5.32 Å². The summed E-state index contributed by atoms with van der Waals surface area (Å²) in [5.41, 5.74) is 0.219. The molecule has 3 nitrogen and oxygen atoms in total. The van der Waals surface area contributed by atoms with Crippen molar-refractivity contribution in [3.63, 3.8) is 0 Å². The Morgan fingerprint density at radius 3 is 2.64 bits per heavy atom. The van der Waals surface area contributed by atoms with Gasteiger partial charge in [-0.2, -0.15) is 5.26 Å². The summed E-state index contributed by atoms with van der Waals surface area (Å²) < 4.78 is 0. The summed E-state index contributed by atoms with van der Waals surface area (Å²) in [4.78, 5) is 11.4. The van der Waals surface area contributed by atoms with Crippen LogP contribution in [0.15, 0.2) is 11.6 Å². The largest absolute Gasteiger partial charge is 0.351 e. The van der Waals surface area contributed by atoms with E-state index < -0.39 is 0 Å². The van der Waals surface area contributed by atoms with E-state index in [0.29, 0.717) is 6.54 Å². The Morgan fingerprint density at radius 2 is 2.21 bits per heavy atom. The first kappa shape index (κ1) is 12.7. The van der Waals surface area contributed by atoms with E-state index in [1.165, 1.54) is 0 Å². The van der Waals surface area contributed by atoms with Crippen molar-refractivity contribution in [3.8, 4) is 6.07 Å². The number of nitriles is 1. The number of carbonyl (C=O) groups excluding carboxylic acids is 1. The summed E-state index contributed by atoms with van der Waals surface area (Å²) in [6.45, 7) is 6.58. The van der Waals surface area contributed by atoms with Gasteiger partial charge in [0.1, 0.15) is 11.6 Å². The first-order chi connectivity index (χ1) is 6.61. The van der Waals surface area contributed by atoms with E-state index in [-0.39, 0.29) is 17.4 Å². The van der Waals surface area contributed by atoms with Crippen molar-refractivity contribution in [3.05, 3.63) is 11.6 Å². The van der Waals surface area contributed by atoms with Crippen LogP contribution in [0, 0.1) is 17.2 Å². The van der Waals surface area contributed by atoms with Crippen LogP contribution in [0.3, 0.4) is 0 Å². The number of unbranched alkanes of at least 4 members (excludes halogenated alkanes) is 1. The van der Waals surface area contributed by atoms with Gasteiger partial charge >= 0.3 is 0 Å². The van der Waals surface area contributed by atoms with E-state index >= 15 is 0 Å². The van der Waals surface area contributed by atoms with Crippen molar-refractivity contribution < 1.29 is 4.79 Å². The topological polar surface area (TPSA) is 52.9 Å². The molecule has 0 radical (unpaired) electrons. The Morgan fingerprint density at radius 1 is 1.57 bits per heavy atom. The summed E-state index contributed by atoms with van der Waals surface area (Å²) in [6.07, 6.45) is 3.67. The highest BCUT2D eigenvalue weighted by molar-refractivity contribution is 5.97. The molecule has 0 atom stereocenters. The van der Waals surface area contributed by atoms with Crippen LogP contribution in [0.1, 0.15) is 33.6 Å². The van der Waals surface area contributed by atoms with Gasteiger partial charge in [0.05, 0.1) is 0 Å². The molecule has 0 saturated heterocycles. The molecule has 0 aliphatic heterocycles. The summed E-state index contributed by atoms with van der Waals surface area (Å²) >= 11 is 0. The van der Waals surface area contributed by atoms with Crippen LogP contribution in [0.2, 0.25) is 0 Å². The van der Waals surface area contributed by atoms with Crippen molar-refractivity contribution in [2.24, 2.45) is 5.92 Å². The molecule has 0 spiro atoms. The molecule has 1 amide bonds. The number of nitrogens with zero attached hydrogens (tertiary/aromatic N) is 1. The summed E-state index contributed by atoms with van der Waals surface area (Å²) in [5.74, 6) is -0.0313. The van der Waals surface area contributed by atoms with E-state index in [1.807, 2.05) is 19.9 Å². The molecule has 0 rings (SSSR count). The van der Waals surface area contributed by atoms with Gasteiger partial charge in [-0.25, -0.2) is 0 Å². The van der Waals surface area contributed by atoms with E-state index in [2.05, 4.69) is 12.2 Å². The number of hydrogen-bond acceptors (Lipinski definition) is 2. The molecule has 0 saturated carbocycles. The first-order valence-corrected chi connectivity index (χ1v) is 5.02. The minimum absolute atomic E-state index is 0.219. The molecule has 78 valence electrons. The SMILES string of the molecule is CCCCNC(=O)/C(C#N)=C/C(C)C. The number of nitrogens with one attached hydrogen (secondary N) is 1. The van der Waals surface area contributed by atoms with Crippen LogP contribution in [0.25, 0.3) is 0 Å². The number of hydrogen-bond donors (Lipinski definition) is 1. The minimum atomic E-state index is -0.255. The average Bonchev–Trinajstić information content (AvgIpc) is 2.14. The predicted molar refractivity (Wildman–Crippen MR) is 56.5 cm³/mol. The van der Waals surface area contributed by atoms with Crippen LogP contribution in [-0.4, -0.2) is 12.5 Å². The normalized spacial score (nSPS) is 11.2. The smallest absolute Gasteiger partial charge is 0.261 e. The van der Waals surface area contributed by atoms with Crippen LogP contribution >= 0.6 is 0 Å². The maximum atomic E-state index is 11.4. The van der Waals surface area contributed by atoms with Gasteiger partial charge in [-0.15, -0.1) is 0 Å². The standard InChI is InChI=1S/C11H18N2O/c1-4-5-6-13-11(14)10(8-12)7-9(2)3/h7,9H,4-6H2,1-3H3,(H,13,14)/b10-7+. The first-order valence-electron chi connectivity index (χ1n) is 5.02. The molecule has 3 heteroatoms. The minimum Gasteiger partial charge on any atom is -0.351 e. The molecule has 0 aromatic heterocycles. The van der Waals surface area contributed by atoms with Crippen LogP contribution in [0.4, 0.5) is 0 Å². The maximum absolute atomic E-state index is 11.4. The number of carbonyl (C=O) groups is 1. The molecule has 14 heavy (non-hydrogen) atoms. The molecule has 0 unspecified atom stereocenters.